The predicted octanol–water partition coefficient (Wildman–Crippen LogP) is 3.23. The van der Waals surface area contributed by atoms with E-state index in [-0.39, 0.29) is 11.1 Å². The fourth-order valence-electron chi connectivity index (χ4n) is 2.08. The lowest BCUT2D eigenvalue weighted by atomic mass is 9.99. The van der Waals surface area contributed by atoms with E-state index in [4.69, 9.17) is 22.2 Å². The summed E-state index contributed by atoms with van der Waals surface area (Å²) < 4.78 is 18.7. The molecule has 0 heterocycles. The lowest BCUT2D eigenvalue weighted by molar-refractivity contribution is 0.414. The molecule has 0 fully saturated rings. The van der Waals surface area contributed by atoms with Crippen molar-refractivity contribution in [1.82, 2.24) is 5.43 Å². The molecule has 0 aromatic heterocycles. The van der Waals surface area contributed by atoms with E-state index in [9.17, 15) is 4.39 Å². The SMILES string of the molecule is COc1cccc(CC(NN)c2cccc(F)c2Cl)c1. The monoisotopic (exact) mass is 294 g/mol. The zero-order valence-corrected chi connectivity index (χ0v) is 11.8. The summed E-state index contributed by atoms with van der Waals surface area (Å²) in [4.78, 5) is 0. The quantitative estimate of drug-likeness (QED) is 0.657. The third-order valence-electron chi connectivity index (χ3n) is 3.13. The zero-order valence-electron chi connectivity index (χ0n) is 11.1. The number of benzene rings is 2. The molecule has 2 rings (SSSR count). The number of nitrogens with one attached hydrogen (secondary N) is 1. The van der Waals surface area contributed by atoms with Gasteiger partial charge in [-0.2, -0.15) is 0 Å². The fraction of sp³-hybridized carbons (Fsp3) is 0.200. The Morgan fingerprint density at radius 1 is 1.30 bits per heavy atom. The highest BCUT2D eigenvalue weighted by Crippen LogP contribution is 2.28. The maximum absolute atomic E-state index is 13.5. The van der Waals surface area contributed by atoms with Crippen molar-refractivity contribution < 1.29 is 9.13 Å². The molecule has 0 amide bonds. The van der Waals surface area contributed by atoms with Crippen molar-refractivity contribution in [2.75, 3.05) is 7.11 Å². The smallest absolute Gasteiger partial charge is 0.142 e. The average Bonchev–Trinajstić information content (AvgIpc) is 2.48. The van der Waals surface area contributed by atoms with Crippen molar-refractivity contribution >= 4 is 11.6 Å². The van der Waals surface area contributed by atoms with E-state index in [1.807, 2.05) is 24.3 Å². The maximum Gasteiger partial charge on any atom is 0.142 e. The highest BCUT2D eigenvalue weighted by atomic mass is 35.5. The number of hydrazine groups is 1. The van der Waals surface area contributed by atoms with Gasteiger partial charge in [0.2, 0.25) is 0 Å². The molecule has 0 aliphatic heterocycles. The first-order chi connectivity index (χ1) is 9.65. The molecule has 2 aromatic rings. The van der Waals surface area contributed by atoms with E-state index < -0.39 is 5.82 Å². The molecule has 5 heteroatoms. The second-order valence-electron chi connectivity index (χ2n) is 4.42. The van der Waals surface area contributed by atoms with Gasteiger partial charge in [-0.1, -0.05) is 35.9 Å². The first-order valence-corrected chi connectivity index (χ1v) is 6.56. The predicted molar refractivity (Wildman–Crippen MR) is 78.2 cm³/mol. The molecule has 0 aliphatic carbocycles. The van der Waals surface area contributed by atoms with Crippen LogP contribution in [-0.2, 0) is 6.42 Å². The number of ether oxygens (including phenoxy) is 1. The minimum Gasteiger partial charge on any atom is -0.497 e. The Bertz CT molecular complexity index is 592. The molecule has 3 N–H and O–H groups in total. The molecule has 1 atom stereocenters. The second-order valence-corrected chi connectivity index (χ2v) is 4.80. The van der Waals surface area contributed by atoms with Crippen LogP contribution < -0.4 is 16.0 Å². The lowest BCUT2D eigenvalue weighted by Gasteiger charge is -2.18. The Balaban J connectivity index is 2.26. The molecular formula is C15H16ClFN2O. The molecule has 0 radical (unpaired) electrons. The Hall–Kier alpha value is -1.62. The summed E-state index contributed by atoms with van der Waals surface area (Å²) in [6, 6.07) is 12.1. The minimum atomic E-state index is -0.449. The van der Waals surface area contributed by atoms with Gasteiger partial charge in [0, 0.05) is 0 Å². The van der Waals surface area contributed by atoms with Crippen molar-refractivity contribution in [3.8, 4) is 5.75 Å². The minimum absolute atomic E-state index is 0.0957. The van der Waals surface area contributed by atoms with Crippen LogP contribution in [0.3, 0.4) is 0 Å². The van der Waals surface area contributed by atoms with Gasteiger partial charge in [-0.3, -0.25) is 11.3 Å². The van der Waals surface area contributed by atoms with E-state index in [0.717, 1.165) is 11.3 Å². The molecule has 0 bridgehead atoms. The molecule has 2 aromatic carbocycles. The summed E-state index contributed by atoms with van der Waals surface area (Å²) in [6.45, 7) is 0. The first-order valence-electron chi connectivity index (χ1n) is 6.18. The van der Waals surface area contributed by atoms with Gasteiger partial charge in [0.1, 0.15) is 11.6 Å². The summed E-state index contributed by atoms with van der Waals surface area (Å²) in [5.41, 5.74) is 4.34. The third kappa shape index (κ3) is 3.28. The van der Waals surface area contributed by atoms with Crippen LogP contribution in [0.1, 0.15) is 17.2 Å². The van der Waals surface area contributed by atoms with E-state index in [1.54, 1.807) is 19.2 Å². The molecule has 0 aliphatic rings. The maximum atomic E-state index is 13.5. The van der Waals surface area contributed by atoms with Gasteiger partial charge in [-0.05, 0) is 35.7 Å². The molecular weight excluding hydrogens is 279 g/mol. The van der Waals surface area contributed by atoms with E-state index in [2.05, 4.69) is 5.43 Å². The van der Waals surface area contributed by atoms with Crippen molar-refractivity contribution in [2.45, 2.75) is 12.5 Å². The Morgan fingerprint density at radius 2 is 2.05 bits per heavy atom. The van der Waals surface area contributed by atoms with Crippen molar-refractivity contribution in [1.29, 1.82) is 0 Å². The summed E-state index contributed by atoms with van der Waals surface area (Å²) in [5.74, 6) is 5.90. The molecule has 106 valence electrons. The largest absolute Gasteiger partial charge is 0.497 e. The van der Waals surface area contributed by atoms with Crippen LogP contribution in [0.25, 0.3) is 0 Å². The van der Waals surface area contributed by atoms with Gasteiger partial charge in [-0.25, -0.2) is 4.39 Å². The van der Waals surface area contributed by atoms with Gasteiger partial charge >= 0.3 is 0 Å². The number of hydrogen-bond acceptors (Lipinski definition) is 3. The normalized spacial score (nSPS) is 12.2. The molecule has 0 saturated heterocycles. The highest BCUT2D eigenvalue weighted by Gasteiger charge is 2.16. The number of hydrogen-bond donors (Lipinski definition) is 2. The highest BCUT2D eigenvalue weighted by molar-refractivity contribution is 6.31. The van der Waals surface area contributed by atoms with E-state index in [1.165, 1.54) is 6.07 Å². The van der Waals surface area contributed by atoms with Gasteiger partial charge in [-0.15, -0.1) is 0 Å². The second kappa shape index (κ2) is 6.70. The molecule has 3 nitrogen and oxygen atoms in total. The van der Waals surface area contributed by atoms with Gasteiger partial charge in [0.15, 0.2) is 0 Å². The van der Waals surface area contributed by atoms with E-state index >= 15 is 0 Å². The van der Waals surface area contributed by atoms with Crippen LogP contribution in [0.5, 0.6) is 5.75 Å². The van der Waals surface area contributed by atoms with E-state index in [0.29, 0.717) is 12.0 Å². The number of nitrogens with two attached hydrogens (primary N) is 1. The molecule has 0 spiro atoms. The zero-order chi connectivity index (χ0) is 14.5. The van der Waals surface area contributed by atoms with Crippen LogP contribution >= 0.6 is 11.6 Å². The van der Waals surface area contributed by atoms with Gasteiger partial charge in [0.05, 0.1) is 18.2 Å². The number of methoxy groups -OCH3 is 1. The topological polar surface area (TPSA) is 47.3 Å². The molecule has 0 saturated carbocycles. The van der Waals surface area contributed by atoms with Crippen LogP contribution in [0, 0.1) is 5.82 Å². The molecule has 20 heavy (non-hydrogen) atoms. The van der Waals surface area contributed by atoms with Crippen molar-refractivity contribution in [3.05, 3.63) is 64.4 Å². The first kappa shape index (κ1) is 14.8. The van der Waals surface area contributed by atoms with Crippen molar-refractivity contribution in [3.63, 3.8) is 0 Å². The number of halogens is 2. The number of rotatable bonds is 5. The van der Waals surface area contributed by atoms with Crippen LogP contribution in [-0.4, -0.2) is 7.11 Å². The standard InChI is InChI=1S/C15H16ClFN2O/c1-20-11-5-2-4-10(8-11)9-14(19-18)12-6-3-7-13(17)15(12)16/h2-8,14,19H,9,18H2,1H3. The molecule has 1 unspecified atom stereocenters. The van der Waals surface area contributed by atoms with Crippen molar-refractivity contribution in [2.24, 2.45) is 5.84 Å². The van der Waals surface area contributed by atoms with Gasteiger partial charge in [0.25, 0.3) is 0 Å². The third-order valence-corrected chi connectivity index (χ3v) is 3.53. The fourth-order valence-corrected chi connectivity index (χ4v) is 2.34. The van der Waals surface area contributed by atoms with Crippen LogP contribution in [0.15, 0.2) is 42.5 Å². The summed E-state index contributed by atoms with van der Waals surface area (Å²) in [7, 11) is 1.61. The van der Waals surface area contributed by atoms with Crippen LogP contribution in [0.2, 0.25) is 5.02 Å². The summed E-state index contributed by atoms with van der Waals surface area (Å²) in [5, 5.41) is 0.0957. The van der Waals surface area contributed by atoms with Gasteiger partial charge < -0.3 is 4.74 Å². The average molecular weight is 295 g/mol. The Labute approximate surface area is 122 Å². The lowest BCUT2D eigenvalue weighted by Crippen LogP contribution is -2.30. The van der Waals surface area contributed by atoms with Crippen LogP contribution in [0.4, 0.5) is 4.39 Å². The summed E-state index contributed by atoms with van der Waals surface area (Å²) >= 11 is 6.00. The summed E-state index contributed by atoms with van der Waals surface area (Å²) in [6.07, 6.45) is 0.580. The Kier molecular flexibility index (Phi) is 4.95. The Morgan fingerprint density at radius 3 is 2.75 bits per heavy atom.